The minimum Gasteiger partial charge on any atom is -0.469 e. The predicted molar refractivity (Wildman–Crippen MR) is 142 cm³/mol. The van der Waals surface area contributed by atoms with Gasteiger partial charge in [0.1, 0.15) is 0 Å². The number of hydrogen-bond donors (Lipinski definition) is 2. The molecule has 2 saturated heterocycles. The Balaban J connectivity index is 1.22. The molecule has 4 rings (SSSR count). The van der Waals surface area contributed by atoms with Crippen LogP contribution in [0.4, 0.5) is 0 Å². The van der Waals surface area contributed by atoms with Crippen LogP contribution in [0.2, 0.25) is 0 Å². The molecule has 0 unspecified atom stereocenters. The number of benzene rings is 1. The molecule has 0 aromatic heterocycles. The van der Waals surface area contributed by atoms with Gasteiger partial charge in [0.05, 0.1) is 31.8 Å². The highest BCUT2D eigenvalue weighted by Crippen LogP contribution is 2.45. The van der Waals surface area contributed by atoms with Crippen LogP contribution in [0.5, 0.6) is 0 Å². The molecule has 2 amide bonds. The largest absolute Gasteiger partial charge is 0.469 e. The van der Waals surface area contributed by atoms with Crippen molar-refractivity contribution < 1.29 is 23.9 Å². The van der Waals surface area contributed by atoms with Crippen LogP contribution in [0.15, 0.2) is 24.3 Å². The van der Waals surface area contributed by atoms with Gasteiger partial charge in [0.25, 0.3) is 0 Å². The zero-order valence-electron chi connectivity index (χ0n) is 22.3. The highest BCUT2D eigenvalue weighted by Gasteiger charge is 2.52. The molecule has 2 aliphatic heterocycles. The fourth-order valence-corrected chi connectivity index (χ4v) is 6.60. The van der Waals surface area contributed by atoms with Crippen LogP contribution in [-0.2, 0) is 36.7 Å². The molecular formula is C30H44N2O5. The first-order valence-electron chi connectivity index (χ1n) is 14.4. The van der Waals surface area contributed by atoms with Gasteiger partial charge in [-0.25, -0.2) is 0 Å². The molecule has 4 atom stereocenters. The van der Waals surface area contributed by atoms with Gasteiger partial charge in [-0.2, -0.15) is 0 Å². The zero-order valence-corrected chi connectivity index (χ0v) is 22.3. The van der Waals surface area contributed by atoms with Crippen molar-refractivity contribution in [3.63, 3.8) is 0 Å². The van der Waals surface area contributed by atoms with Gasteiger partial charge in [-0.05, 0) is 49.1 Å². The van der Waals surface area contributed by atoms with Crippen molar-refractivity contribution >= 4 is 17.8 Å². The number of methoxy groups -OCH3 is 1. The van der Waals surface area contributed by atoms with E-state index >= 15 is 0 Å². The monoisotopic (exact) mass is 512 g/mol. The van der Waals surface area contributed by atoms with E-state index in [0.717, 1.165) is 49.1 Å². The van der Waals surface area contributed by atoms with Crippen molar-refractivity contribution in [1.82, 2.24) is 10.6 Å². The maximum Gasteiger partial charge on any atom is 0.305 e. The molecule has 1 aromatic carbocycles. The average molecular weight is 513 g/mol. The minimum atomic E-state index is -0.254. The van der Waals surface area contributed by atoms with E-state index in [4.69, 9.17) is 9.47 Å². The van der Waals surface area contributed by atoms with Crippen molar-refractivity contribution in [2.24, 2.45) is 17.8 Å². The number of esters is 1. The standard InChI is InChI=1S/C30H44N2O5/c1-36-28(34)17-14-22-12-5-6-13-23(22)19-24-25-15-16-26(37-25)29(24)30(35)32-20-27(33)31-18-8-7-11-21-9-3-2-4-10-21/h5-6,12-13,21,24-26,29H,2-4,7-11,14-20H2,1H3,(H,31,33)(H,32,35)/t24-,25-,26+,29-/m1/s1. The summed E-state index contributed by atoms with van der Waals surface area (Å²) in [6.07, 6.45) is 13.8. The summed E-state index contributed by atoms with van der Waals surface area (Å²) in [5.74, 6) is 0.256. The lowest BCUT2D eigenvalue weighted by Gasteiger charge is -2.28. The number of aryl methyl sites for hydroxylation is 1. The molecule has 2 heterocycles. The van der Waals surface area contributed by atoms with Gasteiger partial charge in [0.15, 0.2) is 0 Å². The average Bonchev–Trinajstić information content (AvgIpc) is 3.53. The lowest BCUT2D eigenvalue weighted by atomic mass is 9.75. The van der Waals surface area contributed by atoms with Crippen molar-refractivity contribution in [1.29, 1.82) is 0 Å². The van der Waals surface area contributed by atoms with E-state index < -0.39 is 0 Å². The van der Waals surface area contributed by atoms with Crippen molar-refractivity contribution in [2.75, 3.05) is 20.2 Å². The van der Waals surface area contributed by atoms with Gasteiger partial charge in [-0.1, -0.05) is 69.2 Å². The first kappa shape index (κ1) is 27.6. The predicted octanol–water partition coefficient (Wildman–Crippen LogP) is 4.11. The van der Waals surface area contributed by atoms with E-state index in [2.05, 4.69) is 16.7 Å². The molecule has 2 bridgehead atoms. The number of hydrogen-bond acceptors (Lipinski definition) is 5. The van der Waals surface area contributed by atoms with Crippen LogP contribution >= 0.6 is 0 Å². The summed E-state index contributed by atoms with van der Waals surface area (Å²) in [7, 11) is 1.41. The van der Waals surface area contributed by atoms with Gasteiger partial charge in [-0.15, -0.1) is 0 Å². The van der Waals surface area contributed by atoms with Crippen LogP contribution in [0.1, 0.15) is 81.8 Å². The Hall–Kier alpha value is -2.41. The lowest BCUT2D eigenvalue weighted by molar-refractivity contribution is -0.140. The number of unbranched alkanes of at least 4 members (excludes halogenated alkanes) is 1. The fraction of sp³-hybridized carbons (Fsp3) is 0.700. The van der Waals surface area contributed by atoms with Gasteiger partial charge in [-0.3, -0.25) is 14.4 Å². The van der Waals surface area contributed by atoms with Crippen LogP contribution in [-0.4, -0.2) is 50.2 Å². The smallest absolute Gasteiger partial charge is 0.305 e. The van der Waals surface area contributed by atoms with Gasteiger partial charge < -0.3 is 20.1 Å². The van der Waals surface area contributed by atoms with E-state index in [9.17, 15) is 14.4 Å². The molecule has 2 N–H and O–H groups in total. The quantitative estimate of drug-likeness (QED) is 0.306. The van der Waals surface area contributed by atoms with Gasteiger partial charge in [0.2, 0.25) is 11.8 Å². The zero-order chi connectivity index (χ0) is 26.0. The molecular weight excluding hydrogens is 468 g/mol. The summed E-state index contributed by atoms with van der Waals surface area (Å²) in [4.78, 5) is 37.2. The molecule has 0 radical (unpaired) electrons. The van der Waals surface area contributed by atoms with Crippen molar-refractivity contribution in [3.05, 3.63) is 35.4 Å². The summed E-state index contributed by atoms with van der Waals surface area (Å²) < 4.78 is 11.0. The molecule has 3 fully saturated rings. The second kappa shape index (κ2) is 13.9. The third-order valence-electron chi connectivity index (χ3n) is 8.64. The highest BCUT2D eigenvalue weighted by molar-refractivity contribution is 5.86. The SMILES string of the molecule is COC(=O)CCc1ccccc1C[C@H]1[C@@H](C(=O)NCC(=O)NCCCCC2CCCCC2)[C@@H]2CC[C@H]1O2. The molecule has 0 spiro atoms. The first-order chi connectivity index (χ1) is 18.0. The van der Waals surface area contributed by atoms with Crippen LogP contribution in [0.25, 0.3) is 0 Å². The summed E-state index contributed by atoms with van der Waals surface area (Å²) >= 11 is 0. The van der Waals surface area contributed by atoms with Crippen LogP contribution in [0, 0.1) is 17.8 Å². The van der Waals surface area contributed by atoms with E-state index in [-0.39, 0.29) is 48.4 Å². The summed E-state index contributed by atoms with van der Waals surface area (Å²) in [5.41, 5.74) is 2.26. The molecule has 1 saturated carbocycles. The van der Waals surface area contributed by atoms with Crippen LogP contribution in [0.3, 0.4) is 0 Å². The number of amides is 2. The molecule has 7 nitrogen and oxygen atoms in total. The summed E-state index contributed by atoms with van der Waals surface area (Å²) in [6.45, 7) is 0.682. The van der Waals surface area contributed by atoms with E-state index in [1.54, 1.807) is 0 Å². The lowest BCUT2D eigenvalue weighted by Crippen LogP contribution is -2.45. The summed E-state index contributed by atoms with van der Waals surface area (Å²) in [6, 6.07) is 8.10. The molecule has 7 heteroatoms. The first-order valence-corrected chi connectivity index (χ1v) is 14.4. The molecule has 3 aliphatic rings. The van der Waals surface area contributed by atoms with E-state index in [1.807, 2.05) is 18.2 Å². The second-order valence-electron chi connectivity index (χ2n) is 11.1. The Bertz CT molecular complexity index is 913. The van der Waals surface area contributed by atoms with Crippen molar-refractivity contribution in [2.45, 2.75) is 95.7 Å². The number of carbonyl (C=O) groups excluding carboxylic acids is 3. The Kier molecular flexibility index (Phi) is 10.4. The Morgan fingerprint density at radius 2 is 1.70 bits per heavy atom. The highest BCUT2D eigenvalue weighted by atomic mass is 16.5. The number of fused-ring (bicyclic) bond motifs is 2. The molecule has 204 valence electrons. The van der Waals surface area contributed by atoms with Gasteiger partial charge in [0, 0.05) is 18.9 Å². The Labute approximate surface area is 221 Å². The number of nitrogens with one attached hydrogen (secondary N) is 2. The molecule has 1 aromatic rings. The third-order valence-corrected chi connectivity index (χ3v) is 8.64. The van der Waals surface area contributed by atoms with Gasteiger partial charge >= 0.3 is 5.97 Å². The van der Waals surface area contributed by atoms with Crippen LogP contribution < -0.4 is 10.6 Å². The second-order valence-corrected chi connectivity index (χ2v) is 11.1. The summed E-state index contributed by atoms with van der Waals surface area (Å²) in [5, 5.41) is 5.85. The number of ether oxygens (including phenoxy) is 2. The Morgan fingerprint density at radius 3 is 2.49 bits per heavy atom. The topological polar surface area (TPSA) is 93.7 Å². The van der Waals surface area contributed by atoms with Crippen molar-refractivity contribution in [3.8, 4) is 0 Å². The molecule has 1 aliphatic carbocycles. The normalized spacial score (nSPS) is 25.1. The minimum absolute atomic E-state index is 0.0117. The maximum atomic E-state index is 13.2. The van der Waals surface area contributed by atoms with E-state index in [1.165, 1.54) is 45.6 Å². The maximum absolute atomic E-state index is 13.2. The molecule has 37 heavy (non-hydrogen) atoms. The Morgan fingerprint density at radius 1 is 0.946 bits per heavy atom. The number of carbonyl (C=O) groups is 3. The fourth-order valence-electron chi connectivity index (χ4n) is 6.60. The van der Waals surface area contributed by atoms with E-state index in [0.29, 0.717) is 19.4 Å². The number of rotatable bonds is 13. The third kappa shape index (κ3) is 7.79.